The number of nitrogens with one attached hydrogen (secondary N) is 1. The van der Waals surface area contributed by atoms with Gasteiger partial charge in [0.2, 0.25) is 0 Å². The number of Topliss-reactive ketones (excluding diaryl/α,β-unsaturated/α-hetero) is 1. The van der Waals surface area contributed by atoms with E-state index in [-0.39, 0.29) is 29.8 Å². The van der Waals surface area contributed by atoms with Gasteiger partial charge in [-0.05, 0) is 19.4 Å². The van der Waals surface area contributed by atoms with E-state index < -0.39 is 4.92 Å². The van der Waals surface area contributed by atoms with E-state index in [0.717, 1.165) is 19.4 Å². The van der Waals surface area contributed by atoms with Crippen molar-refractivity contribution in [1.29, 1.82) is 0 Å². The molecule has 1 atom stereocenters. The van der Waals surface area contributed by atoms with Gasteiger partial charge in [-0.1, -0.05) is 0 Å². The molecule has 18 heavy (non-hydrogen) atoms. The van der Waals surface area contributed by atoms with Gasteiger partial charge in [-0.15, -0.1) is 0 Å². The van der Waals surface area contributed by atoms with Crippen molar-refractivity contribution in [2.24, 2.45) is 5.73 Å². The summed E-state index contributed by atoms with van der Waals surface area (Å²) >= 11 is 0. The molecule has 1 aliphatic heterocycles. The van der Waals surface area contributed by atoms with E-state index >= 15 is 0 Å². The van der Waals surface area contributed by atoms with E-state index in [1.807, 2.05) is 4.90 Å². The van der Waals surface area contributed by atoms with Gasteiger partial charge in [0.1, 0.15) is 0 Å². The zero-order valence-electron chi connectivity index (χ0n) is 9.96. The Kier molecular flexibility index (Phi) is 3.73. The summed E-state index contributed by atoms with van der Waals surface area (Å²) in [6, 6.07) is 1.39. The van der Waals surface area contributed by atoms with E-state index in [0.29, 0.717) is 6.54 Å². The number of nitro groups is 1. The highest BCUT2D eigenvalue weighted by molar-refractivity contribution is 5.96. The number of carbonyl (C=O) groups is 1. The van der Waals surface area contributed by atoms with Crippen LogP contribution in [0.2, 0.25) is 0 Å². The summed E-state index contributed by atoms with van der Waals surface area (Å²) in [5.41, 5.74) is 6.02. The van der Waals surface area contributed by atoms with Crippen LogP contribution in [0.3, 0.4) is 0 Å². The van der Waals surface area contributed by atoms with Gasteiger partial charge in [-0.2, -0.15) is 0 Å². The number of nitrogens with zero attached hydrogens (tertiary/aromatic N) is 2. The Hall–Kier alpha value is -1.73. The highest BCUT2D eigenvalue weighted by Gasteiger charge is 2.21. The lowest BCUT2D eigenvalue weighted by molar-refractivity contribution is -0.384. The number of carbonyl (C=O) groups excluding carboxylic acids is 1. The Bertz CT molecular complexity index is 457. The minimum Gasteiger partial charge on any atom is -0.353 e. The number of likely N-dealkylation sites (tertiary alicyclic amines) is 1. The van der Waals surface area contributed by atoms with Gasteiger partial charge < -0.3 is 10.7 Å². The molecule has 98 valence electrons. The van der Waals surface area contributed by atoms with Crippen molar-refractivity contribution >= 4 is 11.5 Å². The lowest BCUT2D eigenvalue weighted by Crippen LogP contribution is -2.44. The normalized spacial score (nSPS) is 20.8. The molecular formula is C11H16N4O3. The quantitative estimate of drug-likeness (QED) is 0.462. The first-order valence-corrected chi connectivity index (χ1v) is 5.90. The molecule has 0 spiro atoms. The van der Waals surface area contributed by atoms with Crippen LogP contribution < -0.4 is 5.73 Å². The highest BCUT2D eigenvalue weighted by Crippen LogP contribution is 2.14. The van der Waals surface area contributed by atoms with Crippen molar-refractivity contribution < 1.29 is 9.72 Å². The van der Waals surface area contributed by atoms with Crippen LogP contribution in [0.15, 0.2) is 12.3 Å². The number of piperidine rings is 1. The first kappa shape index (κ1) is 12.7. The maximum Gasteiger partial charge on any atom is 0.287 e. The monoisotopic (exact) mass is 252 g/mol. The first-order valence-electron chi connectivity index (χ1n) is 5.90. The molecule has 0 bridgehead atoms. The summed E-state index contributed by atoms with van der Waals surface area (Å²) in [4.78, 5) is 26.5. The van der Waals surface area contributed by atoms with Gasteiger partial charge >= 0.3 is 0 Å². The second-order valence-corrected chi connectivity index (χ2v) is 4.59. The number of aromatic amines is 1. The molecule has 0 saturated carbocycles. The molecule has 0 amide bonds. The first-order chi connectivity index (χ1) is 8.56. The summed E-state index contributed by atoms with van der Waals surface area (Å²) in [7, 11) is 0. The van der Waals surface area contributed by atoms with E-state index in [1.54, 1.807) is 0 Å². The topological polar surface area (TPSA) is 105 Å². The number of ketones is 1. The third-order valence-corrected chi connectivity index (χ3v) is 3.09. The molecule has 1 aromatic rings. The molecule has 1 unspecified atom stereocenters. The molecule has 2 heterocycles. The van der Waals surface area contributed by atoms with Crippen LogP contribution in [0.4, 0.5) is 5.69 Å². The Morgan fingerprint density at radius 3 is 3.06 bits per heavy atom. The largest absolute Gasteiger partial charge is 0.353 e. The summed E-state index contributed by atoms with van der Waals surface area (Å²) in [6.07, 6.45) is 3.20. The van der Waals surface area contributed by atoms with Crippen LogP contribution >= 0.6 is 0 Å². The molecule has 0 radical (unpaired) electrons. The predicted molar refractivity (Wildman–Crippen MR) is 65.4 cm³/mol. The summed E-state index contributed by atoms with van der Waals surface area (Å²) in [6.45, 7) is 1.81. The Balaban J connectivity index is 1.96. The second-order valence-electron chi connectivity index (χ2n) is 4.59. The Labute approximate surface area is 104 Å². The lowest BCUT2D eigenvalue weighted by Gasteiger charge is -2.29. The van der Waals surface area contributed by atoms with Crippen molar-refractivity contribution in [2.45, 2.75) is 18.9 Å². The maximum atomic E-state index is 11.9. The standard InChI is InChI=1S/C11H16N4O3/c12-8-2-1-3-14(6-8)7-11(16)10-4-9(5-13-10)15(17)18/h4-5,8,13H,1-3,6-7,12H2. The van der Waals surface area contributed by atoms with E-state index in [4.69, 9.17) is 5.73 Å². The fourth-order valence-corrected chi connectivity index (χ4v) is 2.17. The van der Waals surface area contributed by atoms with Gasteiger partial charge in [-0.3, -0.25) is 19.8 Å². The molecule has 2 rings (SSSR count). The van der Waals surface area contributed by atoms with Gasteiger partial charge in [0.05, 0.1) is 23.4 Å². The smallest absolute Gasteiger partial charge is 0.287 e. The summed E-state index contributed by atoms with van der Waals surface area (Å²) in [5, 5.41) is 10.5. The number of rotatable bonds is 4. The fourth-order valence-electron chi connectivity index (χ4n) is 2.17. The Morgan fingerprint density at radius 2 is 2.44 bits per heavy atom. The molecule has 1 saturated heterocycles. The van der Waals surface area contributed by atoms with Crippen molar-refractivity contribution in [3.8, 4) is 0 Å². The maximum absolute atomic E-state index is 11.9. The van der Waals surface area contributed by atoms with Gasteiger partial charge in [0.15, 0.2) is 5.78 Å². The zero-order valence-corrected chi connectivity index (χ0v) is 9.96. The minimum absolute atomic E-state index is 0.0892. The SMILES string of the molecule is NC1CCCN(CC(=O)c2cc([N+](=O)[O-])c[nH]2)C1. The molecule has 3 N–H and O–H groups in total. The third kappa shape index (κ3) is 2.93. The summed E-state index contributed by atoms with van der Waals surface area (Å²) < 4.78 is 0. The molecular weight excluding hydrogens is 236 g/mol. The van der Waals surface area contributed by atoms with Crippen molar-refractivity contribution in [2.75, 3.05) is 19.6 Å². The third-order valence-electron chi connectivity index (χ3n) is 3.09. The van der Waals surface area contributed by atoms with Crippen LogP contribution in [0.25, 0.3) is 0 Å². The highest BCUT2D eigenvalue weighted by atomic mass is 16.6. The average Bonchev–Trinajstić information content (AvgIpc) is 2.78. The predicted octanol–water partition coefficient (Wildman–Crippen LogP) is 0.529. The van der Waals surface area contributed by atoms with E-state index in [1.165, 1.54) is 12.3 Å². The van der Waals surface area contributed by atoms with Crippen LogP contribution in [0.1, 0.15) is 23.3 Å². The van der Waals surface area contributed by atoms with Crippen LogP contribution in [0.5, 0.6) is 0 Å². The van der Waals surface area contributed by atoms with Crippen LogP contribution in [-0.2, 0) is 0 Å². The van der Waals surface area contributed by atoms with Gasteiger partial charge in [0, 0.05) is 18.7 Å². The number of hydrogen-bond acceptors (Lipinski definition) is 5. The van der Waals surface area contributed by atoms with Crippen LogP contribution in [-0.4, -0.2) is 46.3 Å². The molecule has 0 aromatic carbocycles. The van der Waals surface area contributed by atoms with Gasteiger partial charge in [-0.25, -0.2) is 0 Å². The second kappa shape index (κ2) is 5.28. The number of aromatic nitrogens is 1. The Morgan fingerprint density at radius 1 is 1.67 bits per heavy atom. The zero-order chi connectivity index (χ0) is 13.1. The van der Waals surface area contributed by atoms with Crippen molar-refractivity contribution in [3.63, 3.8) is 0 Å². The van der Waals surface area contributed by atoms with Crippen molar-refractivity contribution in [1.82, 2.24) is 9.88 Å². The van der Waals surface area contributed by atoms with Crippen LogP contribution in [0, 0.1) is 10.1 Å². The minimum atomic E-state index is -0.524. The molecule has 1 fully saturated rings. The molecule has 7 nitrogen and oxygen atoms in total. The molecule has 1 aromatic heterocycles. The average molecular weight is 252 g/mol. The van der Waals surface area contributed by atoms with Crippen molar-refractivity contribution in [3.05, 3.63) is 28.1 Å². The summed E-state index contributed by atoms with van der Waals surface area (Å²) in [5.74, 6) is -0.141. The van der Waals surface area contributed by atoms with E-state index in [2.05, 4.69) is 4.98 Å². The number of hydrogen-bond donors (Lipinski definition) is 2. The number of H-pyrrole nitrogens is 1. The molecule has 7 heteroatoms. The number of nitrogens with two attached hydrogens (primary N) is 1. The lowest BCUT2D eigenvalue weighted by atomic mass is 10.1. The fraction of sp³-hybridized carbons (Fsp3) is 0.545. The molecule has 1 aliphatic rings. The molecule has 0 aliphatic carbocycles. The van der Waals surface area contributed by atoms with E-state index in [9.17, 15) is 14.9 Å². The van der Waals surface area contributed by atoms with Gasteiger partial charge in [0.25, 0.3) is 5.69 Å².